The quantitative estimate of drug-likeness (QED) is 0.508. The summed E-state index contributed by atoms with van der Waals surface area (Å²) in [5.74, 6) is -0.257. The van der Waals surface area contributed by atoms with Crippen LogP contribution < -0.4 is 10.1 Å². The summed E-state index contributed by atoms with van der Waals surface area (Å²) in [5, 5.41) is 11.8. The number of nitrogens with one attached hydrogen (secondary N) is 1. The van der Waals surface area contributed by atoms with Crippen molar-refractivity contribution in [2.24, 2.45) is 0 Å². The van der Waals surface area contributed by atoms with Crippen molar-refractivity contribution in [2.75, 3.05) is 11.9 Å². The van der Waals surface area contributed by atoms with Gasteiger partial charge in [0, 0.05) is 24.7 Å². The monoisotopic (exact) mass is 453 g/mol. The summed E-state index contributed by atoms with van der Waals surface area (Å²) in [6.07, 6.45) is 0.528. The van der Waals surface area contributed by atoms with Crippen LogP contribution in [0.3, 0.4) is 0 Å². The highest BCUT2D eigenvalue weighted by Crippen LogP contribution is 2.24. The zero-order valence-corrected chi connectivity index (χ0v) is 18.7. The molecule has 0 radical (unpaired) electrons. The third-order valence-corrected chi connectivity index (χ3v) is 5.49. The van der Waals surface area contributed by atoms with Crippen LogP contribution in [0.1, 0.15) is 50.2 Å². The van der Waals surface area contributed by atoms with Gasteiger partial charge in [0.2, 0.25) is 5.91 Å². The first kappa shape index (κ1) is 22.7. The van der Waals surface area contributed by atoms with E-state index in [4.69, 9.17) is 10.00 Å². The Morgan fingerprint density at radius 2 is 1.79 bits per heavy atom. The van der Waals surface area contributed by atoms with Crippen LogP contribution in [0.25, 0.3) is 0 Å². The summed E-state index contributed by atoms with van der Waals surface area (Å²) < 4.78 is 5.78. The lowest BCUT2D eigenvalue weighted by atomic mass is 10.1. The minimum atomic E-state index is -0.314. The first-order valence-corrected chi connectivity index (χ1v) is 10.9. The number of ether oxygens (including phenoxy) is 1. The lowest BCUT2D eigenvalue weighted by Gasteiger charge is -2.13. The standard InChI is InChI=1S/C27H23N3O4/c1-18-10-11-23-24(13-18)27(33)30(26(23)32)12-4-9-25(31)29-21-7-3-8-22(15-21)34-17-20-6-2-5-19(14-20)16-28/h2-3,5-8,10-11,13-15H,4,9,12,17H2,1H3,(H,29,31). The van der Waals surface area contributed by atoms with E-state index in [0.717, 1.165) is 11.1 Å². The second-order valence-corrected chi connectivity index (χ2v) is 8.09. The van der Waals surface area contributed by atoms with Crippen molar-refractivity contribution in [3.63, 3.8) is 0 Å². The maximum absolute atomic E-state index is 12.5. The van der Waals surface area contributed by atoms with E-state index in [-0.39, 0.29) is 30.7 Å². The molecule has 1 aliphatic rings. The molecule has 0 aromatic heterocycles. The number of carbonyl (C=O) groups is 3. The van der Waals surface area contributed by atoms with E-state index in [2.05, 4.69) is 11.4 Å². The molecule has 0 unspecified atom stereocenters. The topological polar surface area (TPSA) is 99.5 Å². The molecule has 0 saturated heterocycles. The van der Waals surface area contributed by atoms with Gasteiger partial charge in [-0.05, 0) is 55.3 Å². The van der Waals surface area contributed by atoms with Crippen LogP contribution >= 0.6 is 0 Å². The number of hydrogen-bond donors (Lipinski definition) is 1. The van der Waals surface area contributed by atoms with E-state index in [1.54, 1.807) is 54.6 Å². The Labute approximate surface area is 197 Å². The first-order valence-electron chi connectivity index (χ1n) is 10.9. The van der Waals surface area contributed by atoms with Crippen molar-refractivity contribution in [1.82, 2.24) is 4.90 Å². The van der Waals surface area contributed by atoms with E-state index >= 15 is 0 Å². The largest absolute Gasteiger partial charge is 0.489 e. The predicted octanol–water partition coefficient (Wildman–Crippen LogP) is 4.46. The van der Waals surface area contributed by atoms with Crippen molar-refractivity contribution >= 4 is 23.4 Å². The summed E-state index contributed by atoms with van der Waals surface area (Å²) >= 11 is 0. The van der Waals surface area contributed by atoms with Crippen LogP contribution in [0.4, 0.5) is 5.69 Å². The molecule has 3 aromatic rings. The van der Waals surface area contributed by atoms with E-state index in [1.165, 1.54) is 4.90 Å². The number of imide groups is 1. The summed E-state index contributed by atoms with van der Waals surface area (Å²) in [6.45, 7) is 2.35. The van der Waals surface area contributed by atoms with Gasteiger partial charge in [-0.15, -0.1) is 0 Å². The zero-order valence-electron chi connectivity index (χ0n) is 18.7. The maximum Gasteiger partial charge on any atom is 0.261 e. The highest BCUT2D eigenvalue weighted by Gasteiger charge is 2.34. The van der Waals surface area contributed by atoms with Crippen LogP contribution in [0.5, 0.6) is 5.75 Å². The van der Waals surface area contributed by atoms with E-state index < -0.39 is 0 Å². The molecule has 1 heterocycles. The molecule has 0 saturated carbocycles. The van der Waals surface area contributed by atoms with Crippen molar-refractivity contribution in [1.29, 1.82) is 5.26 Å². The fraction of sp³-hybridized carbons (Fsp3) is 0.185. The number of nitrogens with zero attached hydrogens (tertiary/aromatic N) is 2. The highest BCUT2D eigenvalue weighted by atomic mass is 16.5. The predicted molar refractivity (Wildman–Crippen MR) is 126 cm³/mol. The van der Waals surface area contributed by atoms with Gasteiger partial charge < -0.3 is 10.1 Å². The molecule has 3 amide bonds. The third kappa shape index (κ3) is 5.13. The van der Waals surface area contributed by atoms with Crippen LogP contribution in [0, 0.1) is 18.3 Å². The lowest BCUT2D eigenvalue weighted by Crippen LogP contribution is -2.31. The molecule has 34 heavy (non-hydrogen) atoms. The Morgan fingerprint density at radius 3 is 2.62 bits per heavy atom. The fourth-order valence-corrected chi connectivity index (χ4v) is 3.79. The van der Waals surface area contributed by atoms with Crippen molar-refractivity contribution in [3.05, 3.63) is 94.5 Å². The van der Waals surface area contributed by atoms with Gasteiger partial charge >= 0.3 is 0 Å². The third-order valence-electron chi connectivity index (χ3n) is 5.49. The number of benzene rings is 3. The van der Waals surface area contributed by atoms with Gasteiger partial charge in [-0.3, -0.25) is 19.3 Å². The van der Waals surface area contributed by atoms with E-state index in [9.17, 15) is 14.4 Å². The van der Waals surface area contributed by atoms with Gasteiger partial charge in [-0.2, -0.15) is 5.26 Å². The zero-order chi connectivity index (χ0) is 24.1. The Kier molecular flexibility index (Phi) is 6.69. The molecule has 0 bridgehead atoms. The van der Waals surface area contributed by atoms with Gasteiger partial charge in [0.05, 0.1) is 22.8 Å². The van der Waals surface area contributed by atoms with E-state index in [1.807, 2.05) is 19.1 Å². The smallest absolute Gasteiger partial charge is 0.261 e. The molecule has 0 fully saturated rings. The van der Waals surface area contributed by atoms with Crippen LogP contribution in [-0.2, 0) is 11.4 Å². The molecule has 4 rings (SSSR count). The van der Waals surface area contributed by atoms with Crippen molar-refractivity contribution < 1.29 is 19.1 Å². The molecular weight excluding hydrogens is 430 g/mol. The van der Waals surface area contributed by atoms with Gasteiger partial charge in [-0.25, -0.2) is 0 Å². The highest BCUT2D eigenvalue weighted by molar-refractivity contribution is 6.21. The SMILES string of the molecule is Cc1ccc2c(c1)C(=O)N(CCCC(=O)Nc1cccc(OCc3cccc(C#N)c3)c1)C2=O. The molecule has 0 spiro atoms. The maximum atomic E-state index is 12.5. The Morgan fingerprint density at radius 1 is 1.00 bits per heavy atom. The number of nitriles is 1. The van der Waals surface area contributed by atoms with E-state index in [0.29, 0.717) is 41.2 Å². The minimum absolute atomic E-state index is 0.165. The number of carbonyl (C=O) groups excluding carboxylic acids is 3. The molecule has 7 heteroatoms. The number of amides is 3. The van der Waals surface area contributed by atoms with Gasteiger partial charge in [0.25, 0.3) is 11.8 Å². The number of rotatable bonds is 8. The molecular formula is C27H23N3O4. The van der Waals surface area contributed by atoms with Crippen molar-refractivity contribution in [2.45, 2.75) is 26.4 Å². The summed E-state index contributed by atoms with van der Waals surface area (Å²) in [6, 6.07) is 21.5. The van der Waals surface area contributed by atoms with Crippen LogP contribution in [0.15, 0.2) is 66.7 Å². The second-order valence-electron chi connectivity index (χ2n) is 8.09. The Hall–Kier alpha value is -4.44. The van der Waals surface area contributed by atoms with Crippen LogP contribution in [-0.4, -0.2) is 29.2 Å². The number of hydrogen-bond acceptors (Lipinski definition) is 5. The average Bonchev–Trinajstić information content (AvgIpc) is 3.07. The Bertz CT molecular complexity index is 1310. The van der Waals surface area contributed by atoms with Gasteiger partial charge in [0.15, 0.2) is 0 Å². The molecule has 170 valence electrons. The summed E-state index contributed by atoms with van der Waals surface area (Å²) in [5.41, 5.74) is 3.78. The average molecular weight is 453 g/mol. The molecule has 0 aliphatic carbocycles. The van der Waals surface area contributed by atoms with Gasteiger partial charge in [0.1, 0.15) is 12.4 Å². The molecule has 1 N–H and O–H groups in total. The summed E-state index contributed by atoms with van der Waals surface area (Å²) in [4.78, 5) is 38.6. The van der Waals surface area contributed by atoms with Crippen LogP contribution in [0.2, 0.25) is 0 Å². The number of anilines is 1. The normalized spacial score (nSPS) is 12.3. The van der Waals surface area contributed by atoms with Crippen molar-refractivity contribution in [3.8, 4) is 11.8 Å². The lowest BCUT2D eigenvalue weighted by molar-refractivity contribution is -0.116. The molecule has 0 atom stereocenters. The summed E-state index contributed by atoms with van der Waals surface area (Å²) in [7, 11) is 0. The number of aryl methyl sites for hydroxylation is 1. The van der Waals surface area contributed by atoms with Gasteiger partial charge in [-0.1, -0.05) is 29.8 Å². The molecule has 3 aromatic carbocycles. The minimum Gasteiger partial charge on any atom is -0.489 e. The number of fused-ring (bicyclic) bond motifs is 1. The fourth-order valence-electron chi connectivity index (χ4n) is 3.79. The first-order chi connectivity index (χ1) is 16.4. The Balaban J connectivity index is 1.27. The molecule has 7 nitrogen and oxygen atoms in total. The second kappa shape index (κ2) is 10.0. The molecule has 1 aliphatic heterocycles.